The minimum Gasteiger partial charge on any atom is -0.462 e. The molecule has 1 atom stereocenters. The molecule has 8 nitrogen and oxygen atoms in total. The van der Waals surface area contributed by atoms with Crippen molar-refractivity contribution in [1.29, 1.82) is 0 Å². The van der Waals surface area contributed by atoms with Gasteiger partial charge < -0.3 is 9.30 Å². The van der Waals surface area contributed by atoms with E-state index in [9.17, 15) is 9.59 Å². The van der Waals surface area contributed by atoms with Crippen LogP contribution >= 0.6 is 11.3 Å². The zero-order valence-electron chi connectivity index (χ0n) is 17.4. The number of azide groups is 1. The minimum atomic E-state index is -0.715. The maximum absolute atomic E-state index is 15.2. The average molecular weight is 453 g/mol. The van der Waals surface area contributed by atoms with E-state index >= 15 is 4.39 Å². The Hall–Kier alpha value is -3.23. The molecule has 3 aromatic heterocycles. The number of esters is 1. The lowest BCUT2D eigenvalue weighted by atomic mass is 9.94. The fourth-order valence-electron chi connectivity index (χ4n) is 4.24. The van der Waals surface area contributed by atoms with E-state index in [4.69, 9.17) is 10.3 Å². The molecule has 32 heavy (non-hydrogen) atoms. The lowest BCUT2D eigenvalue weighted by molar-refractivity contribution is 0.0524. The SMILES string of the molecule is CCOC(=O)c1cn(C2CC2)c2nc(-c3cc4c(s3)CCCC4N=[N+]=[N-])c(F)cc2c1=O. The summed E-state index contributed by atoms with van der Waals surface area (Å²) in [4.78, 5) is 34.5. The Balaban J connectivity index is 1.68. The zero-order chi connectivity index (χ0) is 22.4. The van der Waals surface area contributed by atoms with Crippen LogP contribution in [0.25, 0.3) is 32.0 Å². The quantitative estimate of drug-likeness (QED) is 0.221. The van der Waals surface area contributed by atoms with Gasteiger partial charge in [-0.05, 0) is 62.3 Å². The van der Waals surface area contributed by atoms with Crippen LogP contribution in [0, 0.1) is 5.82 Å². The number of thiophene rings is 1. The Morgan fingerprint density at radius 1 is 1.41 bits per heavy atom. The molecular weight excluding hydrogens is 433 g/mol. The van der Waals surface area contributed by atoms with E-state index in [1.165, 1.54) is 23.6 Å². The first-order chi connectivity index (χ1) is 15.5. The number of ether oxygens (including phenoxy) is 1. The van der Waals surface area contributed by atoms with Crippen molar-refractivity contribution in [3.8, 4) is 10.6 Å². The van der Waals surface area contributed by atoms with Crippen molar-refractivity contribution in [3.05, 3.63) is 60.8 Å². The molecule has 1 fully saturated rings. The number of aromatic nitrogens is 2. The Kier molecular flexibility index (Phi) is 5.19. The highest BCUT2D eigenvalue weighted by atomic mass is 32.1. The van der Waals surface area contributed by atoms with Gasteiger partial charge in [0.05, 0.1) is 22.9 Å². The van der Waals surface area contributed by atoms with Crippen molar-refractivity contribution in [2.75, 3.05) is 6.61 Å². The van der Waals surface area contributed by atoms with Crippen molar-refractivity contribution in [3.63, 3.8) is 0 Å². The van der Waals surface area contributed by atoms with Gasteiger partial charge in [-0.2, -0.15) is 0 Å². The molecule has 5 rings (SSSR count). The molecule has 0 bridgehead atoms. The molecule has 0 aromatic carbocycles. The average Bonchev–Trinajstić information content (AvgIpc) is 3.52. The lowest BCUT2D eigenvalue weighted by Crippen LogP contribution is -2.21. The van der Waals surface area contributed by atoms with E-state index in [2.05, 4.69) is 15.0 Å². The number of rotatable bonds is 5. The van der Waals surface area contributed by atoms with Crippen LogP contribution in [0.15, 0.2) is 28.2 Å². The van der Waals surface area contributed by atoms with Gasteiger partial charge in [0.2, 0.25) is 5.43 Å². The van der Waals surface area contributed by atoms with E-state index in [0.717, 1.165) is 42.5 Å². The van der Waals surface area contributed by atoms with Crippen molar-refractivity contribution in [2.45, 2.75) is 51.1 Å². The number of pyridine rings is 2. The van der Waals surface area contributed by atoms with Gasteiger partial charge in [-0.3, -0.25) is 4.79 Å². The van der Waals surface area contributed by atoms with Crippen LogP contribution < -0.4 is 5.43 Å². The van der Waals surface area contributed by atoms with Crippen LogP contribution in [0.5, 0.6) is 0 Å². The summed E-state index contributed by atoms with van der Waals surface area (Å²) in [5.74, 6) is -1.34. The van der Waals surface area contributed by atoms with Crippen molar-refractivity contribution >= 4 is 28.3 Å². The summed E-state index contributed by atoms with van der Waals surface area (Å²) in [5.41, 5.74) is 9.62. The largest absolute Gasteiger partial charge is 0.462 e. The second kappa shape index (κ2) is 8.03. The van der Waals surface area contributed by atoms with E-state index in [1.54, 1.807) is 11.5 Å². The first-order valence-corrected chi connectivity index (χ1v) is 11.4. The highest BCUT2D eigenvalue weighted by molar-refractivity contribution is 7.15. The molecule has 0 saturated heterocycles. The summed E-state index contributed by atoms with van der Waals surface area (Å²) in [6.07, 6.45) is 5.81. The number of halogens is 1. The van der Waals surface area contributed by atoms with Crippen molar-refractivity contribution in [2.24, 2.45) is 5.11 Å². The summed E-state index contributed by atoms with van der Waals surface area (Å²) >= 11 is 1.44. The van der Waals surface area contributed by atoms with Gasteiger partial charge >= 0.3 is 5.97 Å². The highest BCUT2D eigenvalue weighted by Gasteiger charge is 2.29. The summed E-state index contributed by atoms with van der Waals surface area (Å²) in [6, 6.07) is 2.88. The molecule has 1 saturated carbocycles. The van der Waals surface area contributed by atoms with E-state index in [0.29, 0.717) is 10.5 Å². The molecule has 2 aliphatic rings. The molecule has 0 amide bonds. The summed E-state index contributed by atoms with van der Waals surface area (Å²) in [6.45, 7) is 1.81. The summed E-state index contributed by atoms with van der Waals surface area (Å²) in [7, 11) is 0. The topological polar surface area (TPSA) is 110 Å². The standard InChI is InChI=1S/C22H20FN5O3S/c1-2-31-22(30)14-10-28(11-6-7-11)21-13(20(14)29)8-15(23)19(25-21)18-9-12-16(26-27-24)4-3-5-17(12)32-18/h8-11,16H,2-7H2,1H3. The molecule has 1 unspecified atom stereocenters. The van der Waals surface area contributed by atoms with Gasteiger partial charge in [-0.15, -0.1) is 11.3 Å². The van der Waals surface area contributed by atoms with Gasteiger partial charge in [0.25, 0.3) is 0 Å². The molecule has 0 N–H and O–H groups in total. The smallest absolute Gasteiger partial charge is 0.343 e. The van der Waals surface area contributed by atoms with Gasteiger partial charge in [0, 0.05) is 22.0 Å². The predicted molar refractivity (Wildman–Crippen MR) is 118 cm³/mol. The van der Waals surface area contributed by atoms with Gasteiger partial charge in [-0.25, -0.2) is 14.2 Å². The van der Waals surface area contributed by atoms with E-state index in [-0.39, 0.29) is 35.3 Å². The number of carbonyl (C=O) groups is 1. The van der Waals surface area contributed by atoms with E-state index in [1.807, 2.05) is 6.07 Å². The lowest BCUT2D eigenvalue weighted by Gasteiger charge is -2.17. The van der Waals surface area contributed by atoms with Crippen LogP contribution in [-0.4, -0.2) is 22.1 Å². The second-order valence-corrected chi connectivity index (χ2v) is 9.16. The first-order valence-electron chi connectivity index (χ1n) is 10.6. The zero-order valence-corrected chi connectivity index (χ0v) is 18.2. The van der Waals surface area contributed by atoms with Gasteiger partial charge in [-0.1, -0.05) is 5.11 Å². The van der Waals surface area contributed by atoms with Crippen LogP contribution in [0.1, 0.15) is 65.5 Å². The molecule has 0 radical (unpaired) electrons. The maximum atomic E-state index is 15.2. The number of fused-ring (bicyclic) bond motifs is 2. The maximum Gasteiger partial charge on any atom is 0.343 e. The molecule has 0 spiro atoms. The fourth-order valence-corrected chi connectivity index (χ4v) is 5.49. The number of nitrogens with zero attached hydrogens (tertiary/aromatic N) is 5. The number of aryl methyl sites for hydroxylation is 1. The van der Waals surface area contributed by atoms with Gasteiger partial charge in [0.15, 0.2) is 5.82 Å². The third-order valence-corrected chi connectivity index (χ3v) is 7.12. The predicted octanol–water partition coefficient (Wildman–Crippen LogP) is 5.46. The van der Waals surface area contributed by atoms with Crippen molar-refractivity contribution in [1.82, 2.24) is 9.55 Å². The minimum absolute atomic E-state index is 0.0666. The Labute approximate surface area is 186 Å². The number of carbonyl (C=O) groups excluding carboxylic acids is 1. The molecule has 10 heteroatoms. The van der Waals surface area contributed by atoms with Crippen LogP contribution in [-0.2, 0) is 11.2 Å². The third-order valence-electron chi connectivity index (χ3n) is 5.90. The van der Waals surface area contributed by atoms with E-state index < -0.39 is 17.2 Å². The first kappa shape index (κ1) is 20.7. The van der Waals surface area contributed by atoms with Crippen LogP contribution in [0.3, 0.4) is 0 Å². The normalized spacial score (nSPS) is 17.6. The fraction of sp³-hybridized carbons (Fsp3) is 0.409. The highest BCUT2D eigenvalue weighted by Crippen LogP contribution is 2.42. The van der Waals surface area contributed by atoms with Gasteiger partial charge in [0.1, 0.15) is 16.9 Å². The summed E-state index contributed by atoms with van der Waals surface area (Å²) in [5, 5.41) is 3.95. The number of hydrogen-bond acceptors (Lipinski definition) is 6. The Morgan fingerprint density at radius 2 is 2.22 bits per heavy atom. The molecule has 164 valence electrons. The van der Waals surface area contributed by atoms with Crippen molar-refractivity contribution < 1.29 is 13.9 Å². The third kappa shape index (κ3) is 3.45. The van der Waals surface area contributed by atoms with Crippen LogP contribution in [0.4, 0.5) is 4.39 Å². The summed E-state index contributed by atoms with van der Waals surface area (Å²) < 4.78 is 22.0. The Morgan fingerprint density at radius 3 is 2.94 bits per heavy atom. The molecule has 2 aliphatic carbocycles. The molecule has 3 heterocycles. The van der Waals surface area contributed by atoms with Crippen LogP contribution in [0.2, 0.25) is 0 Å². The molecule has 0 aliphatic heterocycles. The Bertz CT molecular complexity index is 1350. The molecule has 3 aromatic rings. The number of hydrogen-bond donors (Lipinski definition) is 0. The second-order valence-electron chi connectivity index (χ2n) is 8.02. The molecular formula is C22H20FN5O3S. The monoisotopic (exact) mass is 453 g/mol.